The van der Waals surface area contributed by atoms with Crippen molar-refractivity contribution in [2.75, 3.05) is 5.75 Å². The van der Waals surface area contributed by atoms with Crippen molar-refractivity contribution in [3.63, 3.8) is 0 Å². The highest BCUT2D eigenvalue weighted by Gasteiger charge is 2.53. The number of carbonyl (C=O) groups excluding carboxylic acids is 3. The van der Waals surface area contributed by atoms with Crippen molar-refractivity contribution in [2.45, 2.75) is 17.8 Å². The van der Waals surface area contributed by atoms with Gasteiger partial charge in [-0.25, -0.2) is 0 Å². The predicted molar refractivity (Wildman–Crippen MR) is 132 cm³/mol. The Labute approximate surface area is 202 Å². The lowest BCUT2D eigenvalue weighted by Gasteiger charge is -2.49. The van der Waals surface area contributed by atoms with Crippen LogP contribution in [0, 0.1) is 0 Å². The van der Waals surface area contributed by atoms with E-state index in [4.69, 9.17) is 0 Å². The van der Waals surface area contributed by atoms with Crippen molar-refractivity contribution in [3.05, 3.63) is 81.2 Å². The molecule has 3 aromatic rings. The lowest BCUT2D eigenvalue weighted by molar-refractivity contribution is -0.146. The Morgan fingerprint density at radius 2 is 1.97 bits per heavy atom. The summed E-state index contributed by atoms with van der Waals surface area (Å²) in [6.07, 6.45) is 3.29. The van der Waals surface area contributed by atoms with Gasteiger partial charge < -0.3 is 5.32 Å². The Hall–Kier alpha value is -2.95. The quantitative estimate of drug-likeness (QED) is 0.417. The monoisotopic (exact) mass is 495 g/mol. The van der Waals surface area contributed by atoms with E-state index in [1.165, 1.54) is 40.3 Å². The van der Waals surface area contributed by atoms with Crippen LogP contribution in [0.5, 0.6) is 0 Å². The molecular weight excluding hydrogens is 478 g/mol. The molecule has 0 radical (unpaired) electrons. The number of thiol groups is 1. The fraction of sp³-hybridized carbons (Fsp3) is 0.174. The van der Waals surface area contributed by atoms with Crippen molar-refractivity contribution in [3.8, 4) is 0 Å². The van der Waals surface area contributed by atoms with Gasteiger partial charge in [-0.3, -0.25) is 29.1 Å². The number of rotatable bonds is 5. The standard InChI is InChI=1S/C23H17N3O4S3/c27-15-9-17(33-16-6-7-24-10-13(15)16)14-11-32-22-19(21(29)26(22)20(14)23(30)31)25-18(28)8-12-4-2-1-3-5-12/h1-7,9-10,19,22H,8,11H2,(H,25,28)(H,30,31)/t19?,22-/m1/s1. The van der Waals surface area contributed by atoms with Gasteiger partial charge >= 0.3 is 0 Å². The SMILES string of the molecule is O=C(Cc1ccccc1)NC1C(=O)N2C(C(=O)S)=C(c3cc(=O)c4cnccc4s3)CS[C@H]12. The second kappa shape index (κ2) is 8.77. The molecule has 0 spiro atoms. The number of fused-ring (bicyclic) bond motifs is 2. The molecule has 1 saturated heterocycles. The number of thioether (sulfide) groups is 1. The third-order valence-corrected chi connectivity index (χ3v) is 8.17. The second-order valence-electron chi connectivity index (χ2n) is 7.60. The summed E-state index contributed by atoms with van der Waals surface area (Å²) in [5, 5.41) is 2.36. The average molecular weight is 496 g/mol. The molecule has 0 saturated carbocycles. The maximum Gasteiger partial charge on any atom is 0.253 e. The van der Waals surface area contributed by atoms with Gasteiger partial charge in [0.15, 0.2) is 5.43 Å². The first-order valence-corrected chi connectivity index (χ1v) is 12.4. The van der Waals surface area contributed by atoms with Crippen LogP contribution < -0.4 is 10.7 Å². The minimum Gasteiger partial charge on any atom is -0.341 e. The highest BCUT2D eigenvalue weighted by atomic mass is 32.2. The maximum atomic E-state index is 13.0. The van der Waals surface area contributed by atoms with E-state index in [0.29, 0.717) is 21.6 Å². The zero-order valence-electron chi connectivity index (χ0n) is 17.1. The Balaban J connectivity index is 1.42. The average Bonchev–Trinajstić information content (AvgIpc) is 2.82. The predicted octanol–water partition coefficient (Wildman–Crippen LogP) is 2.47. The summed E-state index contributed by atoms with van der Waals surface area (Å²) >= 11 is 6.83. The van der Waals surface area contributed by atoms with Gasteiger partial charge in [0, 0.05) is 39.4 Å². The van der Waals surface area contributed by atoms with E-state index in [1.807, 2.05) is 30.3 Å². The minimum absolute atomic E-state index is 0.168. The topological polar surface area (TPSA) is 96.4 Å². The molecule has 1 N–H and O–H groups in total. The van der Waals surface area contributed by atoms with Crippen LogP contribution in [0.15, 0.2) is 65.3 Å². The van der Waals surface area contributed by atoms with E-state index in [1.54, 1.807) is 12.3 Å². The van der Waals surface area contributed by atoms with Crippen LogP contribution in [0.25, 0.3) is 15.7 Å². The number of β-lactam (4-membered cyclic amide) rings is 1. The Kier molecular flexibility index (Phi) is 5.81. The molecule has 4 heterocycles. The van der Waals surface area contributed by atoms with E-state index >= 15 is 0 Å². The number of amides is 2. The summed E-state index contributed by atoms with van der Waals surface area (Å²) in [5.74, 6) is -0.205. The normalized spacial score (nSPS) is 19.8. The molecule has 1 fully saturated rings. The highest BCUT2D eigenvalue weighted by molar-refractivity contribution is 8.00. The van der Waals surface area contributed by atoms with Crippen LogP contribution in [0.3, 0.4) is 0 Å². The van der Waals surface area contributed by atoms with Crippen LogP contribution in [-0.4, -0.2) is 44.0 Å². The van der Waals surface area contributed by atoms with Gasteiger partial charge in [-0.05, 0) is 11.6 Å². The number of nitrogens with zero attached hydrogens (tertiary/aromatic N) is 2. The number of hydrogen-bond acceptors (Lipinski definition) is 7. The van der Waals surface area contributed by atoms with Crippen LogP contribution in [0.1, 0.15) is 10.4 Å². The fourth-order valence-corrected chi connectivity index (χ4v) is 6.75. The Bertz CT molecular complexity index is 1390. The minimum atomic E-state index is -0.711. The first kappa shape index (κ1) is 21.9. The third-order valence-electron chi connectivity index (χ3n) is 5.52. The van der Waals surface area contributed by atoms with Gasteiger partial charge in [0.05, 0.1) is 11.8 Å². The molecule has 2 aromatic heterocycles. The maximum absolute atomic E-state index is 13.0. The number of benzene rings is 1. The summed E-state index contributed by atoms with van der Waals surface area (Å²) in [6.45, 7) is 0. The van der Waals surface area contributed by atoms with Crippen LogP contribution in [0.4, 0.5) is 0 Å². The van der Waals surface area contributed by atoms with Crippen molar-refractivity contribution in [1.29, 1.82) is 0 Å². The molecule has 2 aliphatic heterocycles. The van der Waals surface area contributed by atoms with Gasteiger partial charge in [0.1, 0.15) is 17.1 Å². The second-order valence-corrected chi connectivity index (χ2v) is 10.2. The molecule has 10 heteroatoms. The summed E-state index contributed by atoms with van der Waals surface area (Å²) in [7, 11) is 0. The number of hydrogen-bond donors (Lipinski definition) is 2. The fourth-order valence-electron chi connectivity index (χ4n) is 3.96. The highest BCUT2D eigenvalue weighted by Crippen LogP contribution is 2.44. The van der Waals surface area contributed by atoms with Crippen LogP contribution >= 0.6 is 35.7 Å². The molecule has 2 aliphatic rings. The first-order chi connectivity index (χ1) is 15.9. The largest absolute Gasteiger partial charge is 0.341 e. The molecule has 1 unspecified atom stereocenters. The number of aromatic nitrogens is 1. The zero-order chi connectivity index (χ0) is 23.1. The van der Waals surface area contributed by atoms with E-state index in [2.05, 4.69) is 22.9 Å². The van der Waals surface area contributed by atoms with Crippen molar-refractivity contribution in [2.24, 2.45) is 0 Å². The molecule has 2 amide bonds. The smallest absolute Gasteiger partial charge is 0.253 e. The Morgan fingerprint density at radius 1 is 1.18 bits per heavy atom. The van der Waals surface area contributed by atoms with Crippen molar-refractivity contribution in [1.82, 2.24) is 15.2 Å². The molecule has 2 atom stereocenters. The van der Waals surface area contributed by atoms with E-state index in [-0.39, 0.29) is 29.4 Å². The molecule has 33 heavy (non-hydrogen) atoms. The third kappa shape index (κ3) is 3.98. The molecular formula is C23H17N3O4S3. The van der Waals surface area contributed by atoms with E-state index in [0.717, 1.165) is 10.3 Å². The molecule has 0 aliphatic carbocycles. The Morgan fingerprint density at radius 3 is 2.73 bits per heavy atom. The lowest BCUT2D eigenvalue weighted by atomic mass is 10.0. The first-order valence-electron chi connectivity index (χ1n) is 10.1. The van der Waals surface area contributed by atoms with Crippen LogP contribution in [-0.2, 0) is 20.8 Å². The summed E-state index contributed by atoms with van der Waals surface area (Å²) in [4.78, 5) is 56.5. The molecule has 1 aromatic carbocycles. The number of nitrogens with one attached hydrogen (secondary N) is 1. The summed E-state index contributed by atoms with van der Waals surface area (Å²) < 4.78 is 0.749. The molecule has 166 valence electrons. The molecule has 7 nitrogen and oxygen atoms in total. The zero-order valence-corrected chi connectivity index (χ0v) is 19.6. The van der Waals surface area contributed by atoms with Gasteiger partial charge in [0.2, 0.25) is 11.0 Å². The van der Waals surface area contributed by atoms with Crippen molar-refractivity contribution < 1.29 is 14.4 Å². The van der Waals surface area contributed by atoms with Crippen LogP contribution in [0.2, 0.25) is 0 Å². The molecule has 5 rings (SSSR count). The van der Waals surface area contributed by atoms with Gasteiger partial charge in [-0.1, -0.05) is 43.0 Å². The summed E-state index contributed by atoms with van der Waals surface area (Å²) in [6, 6.07) is 11.8. The van der Waals surface area contributed by atoms with Gasteiger partial charge in [0.25, 0.3) is 5.91 Å². The van der Waals surface area contributed by atoms with E-state index < -0.39 is 16.5 Å². The number of pyridine rings is 1. The number of carbonyl (C=O) groups is 3. The summed E-state index contributed by atoms with van der Waals surface area (Å²) in [5.41, 5.74) is 1.42. The van der Waals surface area contributed by atoms with Crippen molar-refractivity contribution >= 4 is 68.3 Å². The van der Waals surface area contributed by atoms with Gasteiger partial charge in [-0.15, -0.1) is 23.1 Å². The molecule has 0 bridgehead atoms. The van der Waals surface area contributed by atoms with E-state index in [9.17, 15) is 19.2 Å². The lowest BCUT2D eigenvalue weighted by Crippen LogP contribution is -2.70. The van der Waals surface area contributed by atoms with Gasteiger partial charge in [-0.2, -0.15) is 0 Å².